The van der Waals surface area contributed by atoms with Crippen molar-refractivity contribution in [3.8, 4) is 0 Å². The highest BCUT2D eigenvalue weighted by atomic mass is 32.1. The second-order valence-corrected chi connectivity index (χ2v) is 6.13. The van der Waals surface area contributed by atoms with Crippen molar-refractivity contribution in [3.63, 3.8) is 0 Å². The van der Waals surface area contributed by atoms with Crippen LogP contribution in [0.3, 0.4) is 0 Å². The van der Waals surface area contributed by atoms with E-state index in [2.05, 4.69) is 16.4 Å². The number of nitrogens with zero attached hydrogens (tertiary/aromatic N) is 1. The molecule has 0 fully saturated rings. The molecule has 2 aromatic heterocycles. The van der Waals surface area contributed by atoms with E-state index >= 15 is 0 Å². The third-order valence-electron chi connectivity index (χ3n) is 3.65. The van der Waals surface area contributed by atoms with Crippen molar-refractivity contribution in [1.82, 2.24) is 10.3 Å². The summed E-state index contributed by atoms with van der Waals surface area (Å²) in [5.41, 5.74) is 2.37. The van der Waals surface area contributed by atoms with E-state index in [-0.39, 0.29) is 11.9 Å². The fraction of sp³-hybridized carbons (Fsp3) is 0.400. The quantitative estimate of drug-likeness (QED) is 0.928. The maximum atomic E-state index is 13.3. The molecule has 0 radical (unpaired) electrons. The molecular weight excluding hydrogens is 259 g/mol. The maximum Gasteiger partial charge on any atom is 0.141 e. The monoisotopic (exact) mass is 276 g/mol. The highest BCUT2D eigenvalue weighted by Crippen LogP contribution is 2.35. The van der Waals surface area contributed by atoms with Gasteiger partial charge in [0, 0.05) is 16.0 Å². The lowest BCUT2D eigenvalue weighted by Gasteiger charge is -2.14. The molecule has 100 valence electrons. The summed E-state index contributed by atoms with van der Waals surface area (Å²) in [7, 11) is 1.91. The van der Waals surface area contributed by atoms with Crippen molar-refractivity contribution < 1.29 is 4.39 Å². The number of hydrogen-bond donors (Lipinski definition) is 1. The summed E-state index contributed by atoms with van der Waals surface area (Å²) in [5.74, 6) is -0.279. The zero-order chi connectivity index (χ0) is 13.2. The molecule has 0 saturated heterocycles. The molecule has 0 aromatic carbocycles. The van der Waals surface area contributed by atoms with Gasteiger partial charge in [0.05, 0.1) is 12.2 Å². The molecule has 1 aliphatic carbocycles. The van der Waals surface area contributed by atoms with Crippen LogP contribution in [0.4, 0.5) is 4.39 Å². The topological polar surface area (TPSA) is 24.9 Å². The Morgan fingerprint density at radius 3 is 2.84 bits per heavy atom. The summed E-state index contributed by atoms with van der Waals surface area (Å²) in [6.45, 7) is 0. The molecule has 0 saturated carbocycles. The molecule has 4 heteroatoms. The van der Waals surface area contributed by atoms with E-state index in [1.165, 1.54) is 47.2 Å². The number of aryl methyl sites for hydroxylation is 2. The number of nitrogens with one attached hydrogen (secondary N) is 1. The van der Waals surface area contributed by atoms with Crippen LogP contribution < -0.4 is 5.32 Å². The molecule has 19 heavy (non-hydrogen) atoms. The summed E-state index contributed by atoms with van der Waals surface area (Å²) in [6, 6.07) is 3.89. The van der Waals surface area contributed by atoms with Crippen LogP contribution in [0.2, 0.25) is 0 Å². The van der Waals surface area contributed by atoms with Crippen LogP contribution >= 0.6 is 11.3 Å². The highest BCUT2D eigenvalue weighted by Gasteiger charge is 2.20. The van der Waals surface area contributed by atoms with Gasteiger partial charge < -0.3 is 5.32 Å². The van der Waals surface area contributed by atoms with Crippen molar-refractivity contribution >= 4 is 11.3 Å². The van der Waals surface area contributed by atoms with E-state index in [1.54, 1.807) is 12.3 Å². The molecule has 2 heterocycles. The first-order valence-electron chi connectivity index (χ1n) is 6.67. The lowest BCUT2D eigenvalue weighted by Crippen LogP contribution is -2.16. The van der Waals surface area contributed by atoms with E-state index in [0.717, 1.165) is 5.56 Å². The van der Waals surface area contributed by atoms with Crippen molar-refractivity contribution in [2.45, 2.75) is 31.7 Å². The molecule has 0 aliphatic heterocycles. The Bertz CT molecular complexity index is 556. The van der Waals surface area contributed by atoms with E-state index in [4.69, 9.17) is 0 Å². The minimum atomic E-state index is -0.279. The van der Waals surface area contributed by atoms with Crippen LogP contribution in [0, 0.1) is 5.82 Å². The van der Waals surface area contributed by atoms with Crippen molar-refractivity contribution in [1.29, 1.82) is 0 Å². The Morgan fingerprint density at radius 2 is 2.11 bits per heavy atom. The number of halogens is 1. The molecule has 1 aliphatic rings. The van der Waals surface area contributed by atoms with Gasteiger partial charge in [-0.2, -0.15) is 0 Å². The average molecular weight is 276 g/mol. The van der Waals surface area contributed by atoms with Gasteiger partial charge >= 0.3 is 0 Å². The molecule has 2 nitrogen and oxygen atoms in total. The molecule has 1 N–H and O–H groups in total. The number of rotatable bonds is 3. The van der Waals surface area contributed by atoms with Gasteiger partial charge in [0.2, 0.25) is 0 Å². The largest absolute Gasteiger partial charge is 0.309 e. The number of fused-ring (bicyclic) bond motifs is 1. The van der Waals surface area contributed by atoms with Gasteiger partial charge in [0.15, 0.2) is 0 Å². The molecule has 0 spiro atoms. The molecule has 2 aromatic rings. The fourth-order valence-electron chi connectivity index (χ4n) is 2.72. The third kappa shape index (κ3) is 2.55. The van der Waals surface area contributed by atoms with Crippen LogP contribution in [0.1, 0.15) is 39.8 Å². The zero-order valence-corrected chi connectivity index (χ0v) is 11.8. The second-order valence-electron chi connectivity index (χ2n) is 4.96. The Labute approximate surface area is 116 Å². The SMILES string of the molecule is CNC(c1cncc(F)c1)c1cc2c(s1)CCCC2. The van der Waals surface area contributed by atoms with Crippen molar-refractivity contribution in [3.05, 3.63) is 51.2 Å². The predicted molar refractivity (Wildman–Crippen MR) is 76.1 cm³/mol. The third-order valence-corrected chi connectivity index (χ3v) is 4.95. The summed E-state index contributed by atoms with van der Waals surface area (Å²) >= 11 is 1.86. The summed E-state index contributed by atoms with van der Waals surface area (Å²) in [5, 5.41) is 3.27. The first kappa shape index (κ1) is 12.8. The molecular formula is C15H17FN2S. The van der Waals surface area contributed by atoms with Crippen molar-refractivity contribution in [2.75, 3.05) is 7.05 Å². The molecule has 0 bridgehead atoms. The van der Waals surface area contributed by atoms with Gasteiger partial charge in [-0.25, -0.2) is 4.39 Å². The van der Waals surface area contributed by atoms with Gasteiger partial charge in [-0.3, -0.25) is 4.98 Å². The van der Waals surface area contributed by atoms with Crippen LogP contribution in [0.25, 0.3) is 0 Å². The minimum Gasteiger partial charge on any atom is -0.309 e. The number of thiophene rings is 1. The van der Waals surface area contributed by atoms with Gasteiger partial charge in [0.25, 0.3) is 0 Å². The van der Waals surface area contributed by atoms with E-state index < -0.39 is 0 Å². The Morgan fingerprint density at radius 1 is 1.26 bits per heavy atom. The smallest absolute Gasteiger partial charge is 0.141 e. The highest BCUT2D eigenvalue weighted by molar-refractivity contribution is 7.12. The minimum absolute atomic E-state index is 0.0406. The summed E-state index contributed by atoms with van der Waals surface area (Å²) in [4.78, 5) is 6.72. The van der Waals surface area contributed by atoms with Crippen LogP contribution in [0.15, 0.2) is 24.5 Å². The molecule has 1 atom stereocenters. The van der Waals surface area contributed by atoms with Gasteiger partial charge in [-0.1, -0.05) is 0 Å². The normalized spacial score (nSPS) is 16.1. The summed E-state index contributed by atoms with van der Waals surface area (Å²) in [6.07, 6.45) is 7.94. The lowest BCUT2D eigenvalue weighted by molar-refractivity contribution is 0.610. The standard InChI is InChI=1S/C15H17FN2S/c1-17-15(11-6-12(16)9-18-8-11)14-7-10-4-2-3-5-13(10)19-14/h6-9,15,17H,2-5H2,1H3. The number of aromatic nitrogens is 1. The van der Waals surface area contributed by atoms with Crippen LogP contribution in [-0.4, -0.2) is 12.0 Å². The lowest BCUT2D eigenvalue weighted by atomic mass is 9.98. The fourth-order valence-corrected chi connectivity index (χ4v) is 4.11. The average Bonchev–Trinajstić information content (AvgIpc) is 2.83. The molecule has 3 rings (SSSR count). The van der Waals surface area contributed by atoms with Crippen molar-refractivity contribution in [2.24, 2.45) is 0 Å². The number of hydrogen-bond acceptors (Lipinski definition) is 3. The molecule has 1 unspecified atom stereocenters. The first-order valence-corrected chi connectivity index (χ1v) is 7.49. The molecule has 0 amide bonds. The van der Waals surface area contributed by atoms with E-state index in [1.807, 2.05) is 18.4 Å². The maximum absolute atomic E-state index is 13.3. The Hall–Kier alpha value is -1.26. The van der Waals surface area contributed by atoms with E-state index in [9.17, 15) is 4.39 Å². The van der Waals surface area contributed by atoms with Gasteiger partial charge in [0.1, 0.15) is 5.82 Å². The van der Waals surface area contributed by atoms with Crippen LogP contribution in [0.5, 0.6) is 0 Å². The van der Waals surface area contributed by atoms with Gasteiger partial charge in [-0.15, -0.1) is 11.3 Å². The second kappa shape index (κ2) is 5.39. The Balaban J connectivity index is 1.96. The predicted octanol–water partition coefficient (Wildman–Crippen LogP) is 3.47. The first-order chi connectivity index (χ1) is 9.28. The van der Waals surface area contributed by atoms with E-state index in [0.29, 0.717) is 0 Å². The van der Waals surface area contributed by atoms with Gasteiger partial charge in [-0.05, 0) is 56.0 Å². The van der Waals surface area contributed by atoms with Crippen LogP contribution in [-0.2, 0) is 12.8 Å². The summed E-state index contributed by atoms with van der Waals surface area (Å²) < 4.78 is 13.3. The zero-order valence-electron chi connectivity index (χ0n) is 10.9. The Kier molecular flexibility index (Phi) is 3.62. The number of pyridine rings is 1.